The normalized spacial score (nSPS) is 10.8. The largest absolute Gasteiger partial charge is 0.368 e. The molecule has 0 atom stereocenters. The maximum atomic E-state index is 13.6. The summed E-state index contributed by atoms with van der Waals surface area (Å²) in [6.45, 7) is 0. The van der Waals surface area contributed by atoms with Gasteiger partial charge in [-0.2, -0.15) is 24.7 Å². The molecule has 0 bridgehead atoms. The molecule has 0 aliphatic carbocycles. The zero-order valence-electron chi connectivity index (χ0n) is 10.3. The lowest BCUT2D eigenvalue weighted by molar-refractivity contribution is 0.565. The molecule has 0 radical (unpaired) electrons. The van der Waals surface area contributed by atoms with E-state index >= 15 is 0 Å². The maximum Gasteiger partial charge on any atom is 0.257 e. The average Bonchev–Trinajstić information content (AvgIpc) is 2.95. The molecule has 2 aromatic heterocycles. The van der Waals surface area contributed by atoms with Crippen molar-refractivity contribution in [2.75, 3.05) is 5.73 Å². The average molecular weight is 307 g/mol. The van der Waals surface area contributed by atoms with Gasteiger partial charge in [-0.05, 0) is 23.9 Å². The van der Waals surface area contributed by atoms with E-state index in [0.29, 0.717) is 0 Å². The summed E-state index contributed by atoms with van der Waals surface area (Å²) in [6.07, 6.45) is 2.70. The predicted octanol–water partition coefficient (Wildman–Crippen LogP) is 1.46. The number of anilines is 1. The first-order valence-corrected chi connectivity index (χ1v) is 6.43. The Hall–Kier alpha value is -2.62. The van der Waals surface area contributed by atoms with Crippen molar-refractivity contribution in [1.29, 1.82) is 0 Å². The van der Waals surface area contributed by atoms with Crippen molar-refractivity contribution >= 4 is 17.7 Å². The second-order valence-electron chi connectivity index (χ2n) is 3.79. The van der Waals surface area contributed by atoms with Crippen molar-refractivity contribution in [3.05, 3.63) is 42.5 Å². The number of benzene rings is 1. The van der Waals surface area contributed by atoms with Crippen LogP contribution < -0.4 is 5.73 Å². The van der Waals surface area contributed by atoms with Crippen molar-refractivity contribution in [2.45, 2.75) is 10.1 Å². The van der Waals surface area contributed by atoms with E-state index in [1.165, 1.54) is 23.4 Å². The van der Waals surface area contributed by atoms with Crippen LogP contribution in [-0.4, -0.2) is 29.7 Å². The molecule has 0 unspecified atom stereocenters. The van der Waals surface area contributed by atoms with Crippen molar-refractivity contribution in [3.63, 3.8) is 0 Å². The first kappa shape index (κ1) is 13.4. The summed E-state index contributed by atoms with van der Waals surface area (Å²) < 4.78 is 27.8. The summed E-state index contributed by atoms with van der Waals surface area (Å²) in [5.74, 6) is -1.25. The van der Waals surface area contributed by atoms with Crippen LogP contribution in [0.3, 0.4) is 0 Å². The minimum absolute atomic E-state index is 0.0412. The van der Waals surface area contributed by atoms with Crippen molar-refractivity contribution < 1.29 is 8.78 Å². The number of aromatic nitrogens is 6. The van der Waals surface area contributed by atoms with E-state index in [9.17, 15) is 8.78 Å². The lowest BCUT2D eigenvalue weighted by Crippen LogP contribution is -2.07. The molecule has 1 aromatic carbocycles. The number of halogens is 2. The number of nitrogen functional groups attached to an aromatic ring is 1. The topological polar surface area (TPSA) is 95.4 Å². The van der Waals surface area contributed by atoms with Crippen LogP contribution in [0.1, 0.15) is 0 Å². The van der Waals surface area contributed by atoms with Gasteiger partial charge in [-0.25, -0.2) is 13.8 Å². The molecule has 3 aromatic rings. The molecule has 0 aliphatic rings. The minimum atomic E-state index is -0.707. The van der Waals surface area contributed by atoms with Gasteiger partial charge < -0.3 is 5.73 Å². The third-order valence-corrected chi connectivity index (χ3v) is 3.26. The van der Waals surface area contributed by atoms with Gasteiger partial charge >= 0.3 is 0 Å². The monoisotopic (exact) mass is 307 g/mol. The second-order valence-corrected chi connectivity index (χ2v) is 4.80. The zero-order chi connectivity index (χ0) is 14.8. The summed E-state index contributed by atoms with van der Waals surface area (Å²) in [5.41, 5.74) is 5.59. The molecule has 21 heavy (non-hydrogen) atoms. The smallest absolute Gasteiger partial charge is 0.257 e. The Kier molecular flexibility index (Phi) is 3.44. The van der Waals surface area contributed by atoms with Crippen LogP contribution in [0.5, 0.6) is 0 Å². The van der Waals surface area contributed by atoms with Gasteiger partial charge in [0.1, 0.15) is 24.3 Å². The highest BCUT2D eigenvalue weighted by Gasteiger charge is 2.11. The zero-order valence-corrected chi connectivity index (χ0v) is 11.1. The van der Waals surface area contributed by atoms with Crippen LogP contribution in [0, 0.1) is 11.6 Å². The molecule has 2 heterocycles. The molecule has 7 nitrogen and oxygen atoms in total. The minimum Gasteiger partial charge on any atom is -0.368 e. The Balaban J connectivity index is 1.95. The first-order valence-electron chi connectivity index (χ1n) is 5.61. The van der Waals surface area contributed by atoms with Crippen molar-refractivity contribution in [1.82, 2.24) is 29.7 Å². The van der Waals surface area contributed by atoms with Crippen LogP contribution in [0.25, 0.3) is 5.95 Å². The van der Waals surface area contributed by atoms with Gasteiger partial charge in [0.2, 0.25) is 5.95 Å². The van der Waals surface area contributed by atoms with Crippen LogP contribution >= 0.6 is 11.8 Å². The number of hydrogen-bond donors (Lipinski definition) is 1. The second kappa shape index (κ2) is 5.40. The van der Waals surface area contributed by atoms with Gasteiger partial charge in [0.15, 0.2) is 5.16 Å². The van der Waals surface area contributed by atoms with Crippen LogP contribution in [0.15, 0.2) is 40.9 Å². The summed E-state index contributed by atoms with van der Waals surface area (Å²) in [4.78, 5) is 15.8. The number of nitrogens with two attached hydrogens (primary N) is 1. The van der Waals surface area contributed by atoms with Gasteiger partial charge in [-0.1, -0.05) is 0 Å². The van der Waals surface area contributed by atoms with Crippen LogP contribution in [0.2, 0.25) is 0 Å². The summed E-state index contributed by atoms with van der Waals surface area (Å²) >= 11 is 0.903. The van der Waals surface area contributed by atoms with Gasteiger partial charge in [0.25, 0.3) is 5.95 Å². The van der Waals surface area contributed by atoms with Crippen LogP contribution in [0.4, 0.5) is 14.7 Å². The molecule has 0 aliphatic heterocycles. The Morgan fingerprint density at radius 1 is 1.14 bits per heavy atom. The lowest BCUT2D eigenvalue weighted by atomic mass is 10.3. The quantitative estimate of drug-likeness (QED) is 0.782. The highest BCUT2D eigenvalue weighted by molar-refractivity contribution is 7.99. The third kappa shape index (κ3) is 2.94. The molecule has 0 amide bonds. The predicted molar refractivity (Wildman–Crippen MR) is 69.6 cm³/mol. The maximum absolute atomic E-state index is 13.6. The fraction of sp³-hybridized carbons (Fsp3) is 0. The standard InChI is InChI=1S/C11H7F2N7S/c12-6-1-2-8(7(13)3-6)21-11-18-9(14)17-10(19-11)20-5-15-4-16-20/h1-5H,(H2,14,17,18,19). The van der Waals surface area contributed by atoms with Crippen molar-refractivity contribution in [3.8, 4) is 5.95 Å². The van der Waals surface area contributed by atoms with E-state index in [1.54, 1.807) is 0 Å². The number of rotatable bonds is 3. The summed E-state index contributed by atoms with van der Waals surface area (Å²) in [5, 5.41) is 4.03. The van der Waals surface area contributed by atoms with E-state index in [4.69, 9.17) is 5.73 Å². The molecule has 10 heteroatoms. The Morgan fingerprint density at radius 3 is 2.71 bits per heavy atom. The van der Waals surface area contributed by atoms with Gasteiger partial charge in [-0.3, -0.25) is 0 Å². The van der Waals surface area contributed by atoms with Gasteiger partial charge in [0.05, 0.1) is 4.90 Å². The molecular weight excluding hydrogens is 300 g/mol. The molecular formula is C11H7F2N7S. The Bertz CT molecular complexity index is 778. The van der Waals surface area contributed by atoms with E-state index in [-0.39, 0.29) is 21.9 Å². The van der Waals surface area contributed by atoms with Gasteiger partial charge in [0, 0.05) is 6.07 Å². The van der Waals surface area contributed by atoms with Gasteiger partial charge in [-0.15, -0.1) is 0 Å². The molecule has 0 saturated heterocycles. The van der Waals surface area contributed by atoms with E-state index < -0.39 is 11.6 Å². The number of hydrogen-bond acceptors (Lipinski definition) is 7. The fourth-order valence-electron chi connectivity index (χ4n) is 1.48. The Labute approximate surface area is 121 Å². The molecule has 3 rings (SSSR count). The molecule has 0 fully saturated rings. The SMILES string of the molecule is Nc1nc(Sc2ccc(F)cc2F)nc(-n2cncn2)n1. The summed E-state index contributed by atoms with van der Waals surface area (Å²) in [7, 11) is 0. The highest BCUT2D eigenvalue weighted by Crippen LogP contribution is 2.28. The molecule has 0 saturated carbocycles. The molecule has 0 spiro atoms. The lowest BCUT2D eigenvalue weighted by Gasteiger charge is -2.05. The van der Waals surface area contributed by atoms with E-state index in [1.807, 2.05) is 0 Å². The Morgan fingerprint density at radius 2 is 2.00 bits per heavy atom. The third-order valence-electron chi connectivity index (χ3n) is 2.34. The highest BCUT2D eigenvalue weighted by atomic mass is 32.2. The van der Waals surface area contributed by atoms with Crippen LogP contribution in [-0.2, 0) is 0 Å². The molecule has 106 valence electrons. The molecule has 2 N–H and O–H groups in total. The van der Waals surface area contributed by atoms with Crippen molar-refractivity contribution in [2.24, 2.45) is 0 Å². The first-order chi connectivity index (χ1) is 10.1. The fourth-order valence-corrected chi connectivity index (χ4v) is 2.23. The van der Waals surface area contributed by atoms with E-state index in [2.05, 4.69) is 25.0 Å². The number of nitrogens with zero attached hydrogens (tertiary/aromatic N) is 6. The summed E-state index contributed by atoms with van der Waals surface area (Å²) in [6, 6.07) is 3.23. The van der Waals surface area contributed by atoms with E-state index in [0.717, 1.165) is 23.9 Å².